The lowest BCUT2D eigenvalue weighted by Crippen LogP contribution is -2.48. The molecule has 2 aliphatic carbocycles. The third kappa shape index (κ3) is 3.46. The first-order valence-electron chi connectivity index (χ1n) is 7.57. The number of nitrogens with one attached hydrogen (secondary N) is 1. The highest BCUT2D eigenvalue weighted by atomic mass is 16.5. The van der Waals surface area contributed by atoms with Crippen molar-refractivity contribution in [2.45, 2.75) is 69.9 Å². The fourth-order valence-electron chi connectivity index (χ4n) is 3.00. The van der Waals surface area contributed by atoms with Crippen LogP contribution in [0.15, 0.2) is 0 Å². The summed E-state index contributed by atoms with van der Waals surface area (Å²) < 4.78 is 5.66. The summed E-state index contributed by atoms with van der Waals surface area (Å²) >= 11 is 0. The van der Waals surface area contributed by atoms with Gasteiger partial charge in [-0.2, -0.15) is 5.26 Å². The lowest BCUT2D eigenvalue weighted by Gasteiger charge is -2.30. The molecule has 0 bridgehead atoms. The van der Waals surface area contributed by atoms with Crippen molar-refractivity contribution < 1.29 is 4.74 Å². The van der Waals surface area contributed by atoms with E-state index in [1.165, 1.54) is 32.1 Å². The van der Waals surface area contributed by atoms with Gasteiger partial charge in [0.15, 0.2) is 0 Å². The van der Waals surface area contributed by atoms with Crippen molar-refractivity contribution in [1.29, 1.82) is 5.26 Å². The number of hydrogen-bond acceptors (Lipinski definition) is 3. The molecule has 0 saturated heterocycles. The van der Waals surface area contributed by atoms with Crippen molar-refractivity contribution in [3.05, 3.63) is 0 Å². The van der Waals surface area contributed by atoms with Crippen LogP contribution in [-0.4, -0.2) is 24.8 Å². The highest BCUT2D eigenvalue weighted by Crippen LogP contribution is 2.40. The van der Waals surface area contributed by atoms with Crippen molar-refractivity contribution in [3.63, 3.8) is 0 Å². The molecule has 0 aliphatic heterocycles. The van der Waals surface area contributed by atoms with Crippen LogP contribution in [0.1, 0.15) is 58.3 Å². The highest BCUT2D eigenvalue weighted by molar-refractivity contribution is 5.16. The van der Waals surface area contributed by atoms with Gasteiger partial charge in [-0.05, 0) is 44.4 Å². The maximum absolute atomic E-state index is 9.55. The predicted molar refractivity (Wildman–Crippen MR) is 72.2 cm³/mol. The fourth-order valence-corrected chi connectivity index (χ4v) is 3.00. The van der Waals surface area contributed by atoms with Gasteiger partial charge < -0.3 is 4.74 Å². The molecule has 3 heteroatoms. The summed E-state index contributed by atoms with van der Waals surface area (Å²) in [5.74, 6) is 0.490. The molecule has 2 unspecified atom stereocenters. The van der Waals surface area contributed by atoms with E-state index in [-0.39, 0.29) is 5.54 Å². The van der Waals surface area contributed by atoms with E-state index in [4.69, 9.17) is 4.74 Å². The zero-order chi connectivity index (χ0) is 12.8. The van der Waals surface area contributed by atoms with Gasteiger partial charge in [-0.3, -0.25) is 5.32 Å². The van der Waals surface area contributed by atoms with Crippen molar-refractivity contribution in [2.24, 2.45) is 5.92 Å². The summed E-state index contributed by atoms with van der Waals surface area (Å²) in [6, 6.07) is 3.20. The minimum absolute atomic E-state index is 0.241. The number of rotatable bonds is 8. The molecule has 0 heterocycles. The number of ether oxygens (including phenoxy) is 1. The quantitative estimate of drug-likeness (QED) is 0.674. The first-order chi connectivity index (χ1) is 8.80. The van der Waals surface area contributed by atoms with Crippen molar-refractivity contribution in [1.82, 2.24) is 5.32 Å². The monoisotopic (exact) mass is 250 g/mol. The highest BCUT2D eigenvalue weighted by Gasteiger charge is 2.45. The Morgan fingerprint density at radius 2 is 2.17 bits per heavy atom. The van der Waals surface area contributed by atoms with E-state index in [2.05, 4.69) is 18.3 Å². The fraction of sp³-hybridized carbons (Fsp3) is 0.933. The van der Waals surface area contributed by atoms with Crippen LogP contribution in [0.5, 0.6) is 0 Å². The average Bonchev–Trinajstić information content (AvgIpc) is 3.10. The van der Waals surface area contributed by atoms with E-state index in [1.807, 2.05) is 0 Å². The van der Waals surface area contributed by atoms with Crippen LogP contribution in [0.25, 0.3) is 0 Å². The Balaban J connectivity index is 1.76. The summed E-state index contributed by atoms with van der Waals surface area (Å²) in [6.45, 7) is 3.87. The van der Waals surface area contributed by atoms with Gasteiger partial charge in [-0.25, -0.2) is 0 Å². The molecular formula is C15H26N2O. The molecule has 0 spiro atoms. The van der Waals surface area contributed by atoms with Crippen LogP contribution in [0, 0.1) is 17.2 Å². The second-order valence-electron chi connectivity index (χ2n) is 5.85. The molecule has 0 radical (unpaired) electrons. The smallest absolute Gasteiger partial charge is 0.109 e. The van der Waals surface area contributed by atoms with Crippen molar-refractivity contribution >= 4 is 0 Å². The summed E-state index contributed by atoms with van der Waals surface area (Å²) in [7, 11) is 0. The van der Waals surface area contributed by atoms with Crippen molar-refractivity contribution in [3.8, 4) is 6.07 Å². The Hall–Kier alpha value is -0.590. The lowest BCUT2D eigenvalue weighted by atomic mass is 9.86. The summed E-state index contributed by atoms with van der Waals surface area (Å²) in [5, 5.41) is 13.2. The van der Waals surface area contributed by atoms with Crippen LogP contribution in [0.2, 0.25) is 0 Å². The zero-order valence-corrected chi connectivity index (χ0v) is 11.6. The van der Waals surface area contributed by atoms with Crippen LogP contribution >= 0.6 is 0 Å². The number of unbranched alkanes of at least 4 members (excludes halogenated alkanes) is 1. The van der Waals surface area contributed by atoms with Gasteiger partial charge in [-0.1, -0.05) is 19.8 Å². The Kier molecular flexibility index (Phi) is 5.03. The molecule has 2 saturated carbocycles. The van der Waals surface area contributed by atoms with Gasteiger partial charge in [-0.15, -0.1) is 0 Å². The minimum atomic E-state index is -0.241. The standard InChI is InChI=1S/C15H26N2O/c1-2-3-10-18-11-8-13-5-4-9-15(13,12-16)17-14-6-7-14/h13-14,17H,2-11H2,1H3. The topological polar surface area (TPSA) is 45.0 Å². The second-order valence-corrected chi connectivity index (χ2v) is 5.85. The Morgan fingerprint density at radius 1 is 1.33 bits per heavy atom. The first-order valence-corrected chi connectivity index (χ1v) is 7.57. The number of nitrogens with zero attached hydrogens (tertiary/aromatic N) is 1. The molecule has 0 aromatic rings. The predicted octanol–water partition coefficient (Wildman–Crippen LogP) is 3.01. The lowest BCUT2D eigenvalue weighted by molar-refractivity contribution is 0.109. The summed E-state index contributed by atoms with van der Waals surface area (Å²) in [4.78, 5) is 0. The van der Waals surface area contributed by atoms with Crippen LogP contribution in [0.3, 0.4) is 0 Å². The van der Waals surface area contributed by atoms with E-state index in [0.29, 0.717) is 12.0 Å². The molecule has 1 N–H and O–H groups in total. The van der Waals surface area contributed by atoms with E-state index in [9.17, 15) is 5.26 Å². The largest absolute Gasteiger partial charge is 0.381 e. The Bertz CT molecular complexity index is 295. The Morgan fingerprint density at radius 3 is 2.83 bits per heavy atom. The molecular weight excluding hydrogens is 224 g/mol. The van der Waals surface area contributed by atoms with Crippen molar-refractivity contribution in [2.75, 3.05) is 13.2 Å². The molecule has 3 nitrogen and oxygen atoms in total. The number of hydrogen-bond donors (Lipinski definition) is 1. The molecule has 0 aromatic carbocycles. The molecule has 2 aliphatic rings. The summed E-state index contributed by atoms with van der Waals surface area (Å²) in [6.07, 6.45) is 9.28. The van der Waals surface area contributed by atoms with E-state index < -0.39 is 0 Å². The molecule has 2 atom stereocenters. The average molecular weight is 250 g/mol. The van der Waals surface area contributed by atoms with Crippen LogP contribution < -0.4 is 5.32 Å². The minimum Gasteiger partial charge on any atom is -0.381 e. The third-order valence-electron chi connectivity index (χ3n) is 4.31. The van der Waals surface area contributed by atoms with Gasteiger partial charge in [0.1, 0.15) is 5.54 Å². The molecule has 0 aromatic heterocycles. The van der Waals surface area contributed by atoms with E-state index in [0.717, 1.165) is 32.5 Å². The van der Waals surface area contributed by atoms with Gasteiger partial charge in [0.05, 0.1) is 6.07 Å². The van der Waals surface area contributed by atoms with E-state index >= 15 is 0 Å². The molecule has 18 heavy (non-hydrogen) atoms. The molecule has 2 fully saturated rings. The maximum atomic E-state index is 9.55. The summed E-state index contributed by atoms with van der Waals surface area (Å²) in [5.41, 5.74) is -0.241. The number of nitriles is 1. The third-order valence-corrected chi connectivity index (χ3v) is 4.31. The van der Waals surface area contributed by atoms with Gasteiger partial charge in [0.25, 0.3) is 0 Å². The first kappa shape index (κ1) is 13.8. The normalized spacial score (nSPS) is 31.4. The van der Waals surface area contributed by atoms with Gasteiger partial charge >= 0.3 is 0 Å². The van der Waals surface area contributed by atoms with Crippen LogP contribution in [-0.2, 0) is 4.74 Å². The van der Waals surface area contributed by atoms with Gasteiger partial charge in [0, 0.05) is 19.3 Å². The zero-order valence-electron chi connectivity index (χ0n) is 11.6. The second kappa shape index (κ2) is 6.54. The SMILES string of the molecule is CCCCOCCC1CCCC1(C#N)NC1CC1. The van der Waals surface area contributed by atoms with E-state index in [1.54, 1.807) is 0 Å². The molecule has 0 amide bonds. The van der Waals surface area contributed by atoms with Crippen LogP contribution in [0.4, 0.5) is 0 Å². The Labute approximate surface area is 111 Å². The maximum Gasteiger partial charge on any atom is 0.109 e. The van der Waals surface area contributed by atoms with Gasteiger partial charge in [0.2, 0.25) is 0 Å². The molecule has 2 rings (SSSR count). The molecule has 102 valence electrons.